The van der Waals surface area contributed by atoms with Crippen molar-refractivity contribution < 1.29 is 0 Å². The first kappa shape index (κ1) is 11.3. The summed E-state index contributed by atoms with van der Waals surface area (Å²) in [6.07, 6.45) is 2.72. The van der Waals surface area contributed by atoms with Crippen LogP contribution in [0.4, 0.5) is 0 Å². The monoisotopic (exact) mass is 190 g/mol. The molecule has 0 radical (unpaired) electrons. The molecule has 1 aromatic rings. The van der Waals surface area contributed by atoms with Gasteiger partial charge >= 0.3 is 0 Å². The van der Waals surface area contributed by atoms with Gasteiger partial charge in [-0.15, -0.1) is 0 Å². The molecule has 0 N–H and O–H groups in total. The highest BCUT2D eigenvalue weighted by Crippen LogP contribution is 2.37. The predicted molar refractivity (Wildman–Crippen MR) is 63.9 cm³/mol. The molecule has 78 valence electrons. The minimum atomic E-state index is 0.775. The Bertz CT molecular complexity index is 246. The summed E-state index contributed by atoms with van der Waals surface area (Å²) in [5.74, 6) is 1.55. The highest BCUT2D eigenvalue weighted by Gasteiger charge is 2.20. The van der Waals surface area contributed by atoms with Crippen LogP contribution in [-0.4, -0.2) is 0 Å². The Morgan fingerprint density at radius 3 is 1.57 bits per heavy atom. The van der Waals surface area contributed by atoms with Crippen LogP contribution >= 0.6 is 0 Å². The van der Waals surface area contributed by atoms with E-state index in [1.54, 1.807) is 11.1 Å². The maximum absolute atomic E-state index is 2.34. The van der Waals surface area contributed by atoms with Crippen LogP contribution in [0.15, 0.2) is 24.3 Å². The molecular formula is C14H22. The van der Waals surface area contributed by atoms with Crippen molar-refractivity contribution in [2.75, 3.05) is 0 Å². The maximum atomic E-state index is 2.34. The van der Waals surface area contributed by atoms with E-state index in [-0.39, 0.29) is 0 Å². The Kier molecular flexibility index (Phi) is 4.19. The van der Waals surface area contributed by atoms with Crippen LogP contribution < -0.4 is 0 Å². The third-order valence-corrected chi connectivity index (χ3v) is 3.09. The second-order valence-corrected chi connectivity index (χ2v) is 4.01. The van der Waals surface area contributed by atoms with Gasteiger partial charge in [0.05, 0.1) is 0 Å². The van der Waals surface area contributed by atoms with E-state index in [0.29, 0.717) is 0 Å². The summed E-state index contributed by atoms with van der Waals surface area (Å²) in [4.78, 5) is 0. The number of rotatable bonds is 0. The Balaban J connectivity index is 0.000000461. The number of benzene rings is 1. The number of hydrogen-bond donors (Lipinski definition) is 0. The minimum Gasteiger partial charge on any atom is -0.0683 e. The van der Waals surface area contributed by atoms with Gasteiger partial charge in [-0.3, -0.25) is 0 Å². The molecule has 0 nitrogen and oxygen atoms in total. The predicted octanol–water partition coefficient (Wildman–Crippen LogP) is 4.71. The van der Waals surface area contributed by atoms with E-state index in [9.17, 15) is 0 Å². The molecule has 1 aliphatic rings. The first-order valence-corrected chi connectivity index (χ1v) is 5.88. The normalized spacial score (nSPS) is 24.6. The summed E-state index contributed by atoms with van der Waals surface area (Å²) >= 11 is 0. The van der Waals surface area contributed by atoms with Crippen molar-refractivity contribution in [3.05, 3.63) is 35.4 Å². The zero-order valence-electron chi connectivity index (χ0n) is 9.88. The van der Waals surface area contributed by atoms with Gasteiger partial charge in [-0.2, -0.15) is 0 Å². The van der Waals surface area contributed by atoms with E-state index in [1.165, 1.54) is 12.8 Å². The van der Waals surface area contributed by atoms with Crippen LogP contribution in [0.25, 0.3) is 0 Å². The Labute approximate surface area is 88.4 Å². The summed E-state index contributed by atoms with van der Waals surface area (Å²) in [7, 11) is 0. The van der Waals surface area contributed by atoms with Gasteiger partial charge in [0.15, 0.2) is 0 Å². The molecule has 0 aromatic heterocycles. The standard InChI is InChI=1S/C12H16.C2H6/c1-9-7-8-10(2)12-6-4-3-5-11(9)12;1-2/h3-6,9-10H,7-8H2,1-2H3;1-2H3. The minimum absolute atomic E-state index is 0.775. The van der Waals surface area contributed by atoms with Gasteiger partial charge in [-0.05, 0) is 35.8 Å². The summed E-state index contributed by atoms with van der Waals surface area (Å²) in [6.45, 7) is 8.68. The molecule has 0 saturated heterocycles. The molecule has 0 aliphatic heterocycles. The molecule has 0 heterocycles. The van der Waals surface area contributed by atoms with Crippen molar-refractivity contribution in [1.29, 1.82) is 0 Å². The van der Waals surface area contributed by atoms with Crippen molar-refractivity contribution >= 4 is 0 Å². The summed E-state index contributed by atoms with van der Waals surface area (Å²) in [5, 5.41) is 0. The highest BCUT2D eigenvalue weighted by molar-refractivity contribution is 5.34. The number of fused-ring (bicyclic) bond motifs is 1. The molecule has 0 saturated carbocycles. The SMILES string of the molecule is CC.CC1CCC(C)c2ccccc21. The Morgan fingerprint density at radius 1 is 0.857 bits per heavy atom. The molecule has 1 aliphatic carbocycles. The highest BCUT2D eigenvalue weighted by atomic mass is 14.2. The average molecular weight is 190 g/mol. The van der Waals surface area contributed by atoms with Gasteiger partial charge < -0.3 is 0 Å². The van der Waals surface area contributed by atoms with Crippen molar-refractivity contribution in [3.63, 3.8) is 0 Å². The summed E-state index contributed by atoms with van der Waals surface area (Å²) in [6, 6.07) is 8.89. The molecule has 2 atom stereocenters. The molecule has 1 aromatic carbocycles. The van der Waals surface area contributed by atoms with Crippen LogP contribution in [0.5, 0.6) is 0 Å². The lowest BCUT2D eigenvalue weighted by Crippen LogP contribution is -2.09. The second kappa shape index (κ2) is 5.19. The topological polar surface area (TPSA) is 0 Å². The van der Waals surface area contributed by atoms with Gasteiger partial charge in [0.1, 0.15) is 0 Å². The molecule has 14 heavy (non-hydrogen) atoms. The Morgan fingerprint density at radius 2 is 1.21 bits per heavy atom. The third kappa shape index (κ3) is 2.17. The van der Waals surface area contributed by atoms with Gasteiger partial charge in [0.25, 0.3) is 0 Å². The van der Waals surface area contributed by atoms with Gasteiger partial charge in [0, 0.05) is 0 Å². The number of hydrogen-bond acceptors (Lipinski definition) is 0. The molecule has 2 rings (SSSR count). The zero-order valence-corrected chi connectivity index (χ0v) is 9.88. The van der Waals surface area contributed by atoms with E-state index in [4.69, 9.17) is 0 Å². The molecule has 0 bridgehead atoms. The summed E-state index contributed by atoms with van der Waals surface area (Å²) < 4.78 is 0. The van der Waals surface area contributed by atoms with Crippen LogP contribution in [0.1, 0.15) is 63.5 Å². The van der Waals surface area contributed by atoms with Crippen molar-refractivity contribution in [2.45, 2.75) is 52.4 Å². The lowest BCUT2D eigenvalue weighted by molar-refractivity contribution is 0.527. The fourth-order valence-corrected chi connectivity index (χ4v) is 2.22. The van der Waals surface area contributed by atoms with Crippen LogP contribution in [0.3, 0.4) is 0 Å². The summed E-state index contributed by atoms with van der Waals surface area (Å²) in [5.41, 5.74) is 3.16. The fraction of sp³-hybridized carbons (Fsp3) is 0.571. The van der Waals surface area contributed by atoms with Crippen molar-refractivity contribution in [3.8, 4) is 0 Å². The molecule has 0 heteroatoms. The molecule has 2 unspecified atom stereocenters. The first-order chi connectivity index (χ1) is 6.79. The molecule has 0 spiro atoms. The van der Waals surface area contributed by atoms with E-state index < -0.39 is 0 Å². The lowest BCUT2D eigenvalue weighted by Gasteiger charge is -2.27. The van der Waals surface area contributed by atoms with Crippen molar-refractivity contribution in [1.82, 2.24) is 0 Å². The Hall–Kier alpha value is -0.780. The maximum Gasteiger partial charge on any atom is -0.0187 e. The van der Waals surface area contributed by atoms with Gasteiger partial charge in [0.2, 0.25) is 0 Å². The van der Waals surface area contributed by atoms with Crippen molar-refractivity contribution in [2.24, 2.45) is 0 Å². The largest absolute Gasteiger partial charge is 0.0683 e. The molecule has 0 fully saturated rings. The quantitative estimate of drug-likeness (QED) is 0.555. The van der Waals surface area contributed by atoms with Crippen LogP contribution in [-0.2, 0) is 0 Å². The molecule has 0 amide bonds. The first-order valence-electron chi connectivity index (χ1n) is 5.88. The average Bonchev–Trinajstić information content (AvgIpc) is 2.27. The van der Waals surface area contributed by atoms with Crippen LogP contribution in [0.2, 0.25) is 0 Å². The van der Waals surface area contributed by atoms with E-state index >= 15 is 0 Å². The zero-order chi connectivity index (χ0) is 10.6. The third-order valence-electron chi connectivity index (χ3n) is 3.09. The lowest BCUT2D eigenvalue weighted by atomic mass is 9.78. The van der Waals surface area contributed by atoms with Gasteiger partial charge in [-0.1, -0.05) is 52.0 Å². The van der Waals surface area contributed by atoms with E-state index in [1.807, 2.05) is 13.8 Å². The fourth-order valence-electron chi connectivity index (χ4n) is 2.22. The van der Waals surface area contributed by atoms with E-state index in [0.717, 1.165) is 11.8 Å². The molecular weight excluding hydrogens is 168 g/mol. The smallest absolute Gasteiger partial charge is 0.0187 e. The van der Waals surface area contributed by atoms with Crippen LogP contribution in [0, 0.1) is 0 Å². The van der Waals surface area contributed by atoms with E-state index in [2.05, 4.69) is 38.1 Å². The van der Waals surface area contributed by atoms with Gasteiger partial charge in [-0.25, -0.2) is 0 Å². The second-order valence-electron chi connectivity index (χ2n) is 4.01.